The van der Waals surface area contributed by atoms with Crippen LogP contribution in [0.3, 0.4) is 0 Å². The van der Waals surface area contributed by atoms with Crippen LogP contribution in [0.5, 0.6) is 0 Å². The molecule has 0 aromatic carbocycles. The second-order valence-electron chi connectivity index (χ2n) is 9.03. The Hall–Kier alpha value is -3.53. The molecule has 1 saturated heterocycles. The van der Waals surface area contributed by atoms with E-state index in [1.807, 2.05) is 12.1 Å². The van der Waals surface area contributed by atoms with Crippen molar-refractivity contribution in [3.63, 3.8) is 0 Å². The highest BCUT2D eigenvalue weighted by molar-refractivity contribution is 6.03. The fourth-order valence-electron chi connectivity index (χ4n) is 4.00. The number of nitrogens with one attached hydrogen (secondary N) is 3. The van der Waals surface area contributed by atoms with E-state index < -0.39 is 0 Å². The van der Waals surface area contributed by atoms with Crippen molar-refractivity contribution in [2.24, 2.45) is 20.9 Å². The number of allylic oxidation sites excluding steroid dienone is 7. The molecule has 0 radical (unpaired) electrons. The first-order valence-corrected chi connectivity index (χ1v) is 12.0. The lowest BCUT2D eigenvalue weighted by molar-refractivity contribution is 0.214. The molecule has 0 saturated carbocycles. The molecular formula is C25H34FN9. The molecule has 2 unspecified atom stereocenters. The van der Waals surface area contributed by atoms with Crippen LogP contribution in [0.2, 0.25) is 0 Å². The van der Waals surface area contributed by atoms with Crippen LogP contribution in [0, 0.1) is 5.92 Å². The lowest BCUT2D eigenvalue weighted by Gasteiger charge is -2.33. The predicted molar refractivity (Wildman–Crippen MR) is 140 cm³/mol. The molecule has 4 rings (SSSR count). The second kappa shape index (κ2) is 11.7. The maximum atomic E-state index is 13.3. The summed E-state index contributed by atoms with van der Waals surface area (Å²) in [4.78, 5) is 18.0. The van der Waals surface area contributed by atoms with Gasteiger partial charge in [-0.2, -0.15) is 10.1 Å². The predicted octanol–water partition coefficient (Wildman–Crippen LogP) is 3.41. The molecular weight excluding hydrogens is 445 g/mol. The molecule has 2 heterocycles. The summed E-state index contributed by atoms with van der Waals surface area (Å²) in [6.07, 6.45) is 13.0. The average molecular weight is 480 g/mol. The summed E-state index contributed by atoms with van der Waals surface area (Å²) in [5.41, 5.74) is 1.96. The van der Waals surface area contributed by atoms with Crippen molar-refractivity contribution in [2.45, 2.75) is 25.7 Å². The van der Waals surface area contributed by atoms with Gasteiger partial charge in [-0.05, 0) is 50.8 Å². The van der Waals surface area contributed by atoms with Gasteiger partial charge in [-0.25, -0.2) is 14.4 Å². The monoisotopic (exact) mass is 479 g/mol. The molecule has 0 bridgehead atoms. The van der Waals surface area contributed by atoms with Crippen LogP contribution in [0.15, 0.2) is 69.0 Å². The fraction of sp³-hybridized carbons (Fsp3) is 0.440. The summed E-state index contributed by atoms with van der Waals surface area (Å²) in [6.45, 7) is 9.81. The molecule has 1 fully saturated rings. The molecule has 35 heavy (non-hydrogen) atoms. The lowest BCUT2D eigenvalue weighted by Crippen LogP contribution is -2.47. The number of nitrogens with zero attached hydrogens (tertiary/aromatic N) is 6. The van der Waals surface area contributed by atoms with Crippen molar-refractivity contribution in [1.82, 2.24) is 25.3 Å². The van der Waals surface area contributed by atoms with Gasteiger partial charge in [0.15, 0.2) is 5.82 Å². The molecule has 1 aliphatic heterocycles. The standard InChI is InChI=1S/C25H34FN9/c1-18-4-10-21(11-5-18)28-17-29-25(35-14-12-34(3)13-15-35)31-24(27-2)30-23-16-22(32-33-23)19-6-8-20(26)9-7-19/h4,6,8-11,16,18-19,28H,2,5,7,12-15,17H2,1,3H3,(H2,29,30,31,32,33). The molecule has 0 amide bonds. The molecule has 1 aromatic rings. The van der Waals surface area contributed by atoms with Crippen molar-refractivity contribution in [2.75, 3.05) is 45.2 Å². The Bertz CT molecular complexity index is 1070. The first-order chi connectivity index (χ1) is 17.0. The van der Waals surface area contributed by atoms with Crippen molar-refractivity contribution < 1.29 is 4.39 Å². The molecule has 2 aliphatic carbocycles. The number of H-pyrrole nitrogens is 1. The molecule has 9 nitrogen and oxygen atoms in total. The van der Waals surface area contributed by atoms with E-state index in [0.717, 1.165) is 44.0 Å². The van der Waals surface area contributed by atoms with Gasteiger partial charge in [-0.1, -0.05) is 25.2 Å². The molecule has 10 heteroatoms. The first kappa shape index (κ1) is 24.6. The third-order valence-electron chi connectivity index (χ3n) is 6.25. The second-order valence-corrected chi connectivity index (χ2v) is 9.03. The van der Waals surface area contributed by atoms with Crippen molar-refractivity contribution in [3.05, 3.63) is 59.7 Å². The maximum Gasteiger partial charge on any atom is 0.231 e. The summed E-state index contributed by atoms with van der Waals surface area (Å²) >= 11 is 0. The number of aliphatic imine (C=N–C) groups is 3. The van der Waals surface area contributed by atoms with Crippen LogP contribution < -0.4 is 10.6 Å². The van der Waals surface area contributed by atoms with Crippen molar-refractivity contribution >= 4 is 24.5 Å². The van der Waals surface area contributed by atoms with Gasteiger partial charge in [0, 0.05) is 49.6 Å². The highest BCUT2D eigenvalue weighted by atomic mass is 19.1. The van der Waals surface area contributed by atoms with Crippen molar-refractivity contribution in [1.29, 1.82) is 0 Å². The molecule has 186 valence electrons. The normalized spacial score (nSPS) is 23.7. The van der Waals surface area contributed by atoms with Gasteiger partial charge < -0.3 is 20.4 Å². The Morgan fingerprint density at radius 1 is 1.20 bits per heavy atom. The quantitative estimate of drug-likeness (QED) is 0.444. The number of rotatable bonds is 5. The fourth-order valence-corrected chi connectivity index (χ4v) is 4.00. The van der Waals surface area contributed by atoms with Crippen LogP contribution in [0.25, 0.3) is 0 Å². The third kappa shape index (κ3) is 6.98. The van der Waals surface area contributed by atoms with E-state index in [1.165, 1.54) is 6.08 Å². The largest absolute Gasteiger partial charge is 0.366 e. The zero-order valence-corrected chi connectivity index (χ0v) is 20.4. The minimum absolute atomic E-state index is 0.0503. The summed E-state index contributed by atoms with van der Waals surface area (Å²) < 4.78 is 13.3. The number of piperazine rings is 1. The van der Waals surface area contributed by atoms with Gasteiger partial charge in [0.25, 0.3) is 0 Å². The first-order valence-electron chi connectivity index (χ1n) is 12.0. The van der Waals surface area contributed by atoms with Crippen LogP contribution >= 0.6 is 0 Å². The zero-order valence-electron chi connectivity index (χ0n) is 20.4. The Kier molecular flexibility index (Phi) is 8.25. The number of anilines is 1. The van der Waals surface area contributed by atoms with E-state index in [2.05, 4.69) is 74.5 Å². The van der Waals surface area contributed by atoms with E-state index in [-0.39, 0.29) is 11.7 Å². The van der Waals surface area contributed by atoms with Gasteiger partial charge in [-0.3, -0.25) is 5.10 Å². The lowest BCUT2D eigenvalue weighted by atomic mass is 9.97. The number of aromatic nitrogens is 2. The molecule has 2 atom stereocenters. The highest BCUT2D eigenvalue weighted by Gasteiger charge is 2.19. The average Bonchev–Trinajstić information content (AvgIpc) is 3.33. The van der Waals surface area contributed by atoms with Crippen LogP contribution in [0.1, 0.15) is 31.4 Å². The number of guanidine groups is 2. The van der Waals surface area contributed by atoms with E-state index in [4.69, 9.17) is 9.98 Å². The molecule has 0 spiro atoms. The van der Waals surface area contributed by atoms with Gasteiger partial charge in [0.1, 0.15) is 12.5 Å². The smallest absolute Gasteiger partial charge is 0.231 e. The summed E-state index contributed by atoms with van der Waals surface area (Å²) in [6, 6.07) is 1.88. The number of hydrogen-bond donors (Lipinski definition) is 3. The number of likely N-dealkylation sites (N-methyl/N-ethyl adjacent to an activating group) is 1. The number of halogens is 1. The maximum absolute atomic E-state index is 13.3. The Balaban J connectivity index is 1.45. The Morgan fingerprint density at radius 2 is 2.03 bits per heavy atom. The van der Waals surface area contributed by atoms with E-state index in [0.29, 0.717) is 36.7 Å². The zero-order chi connectivity index (χ0) is 24.6. The van der Waals surface area contributed by atoms with E-state index >= 15 is 0 Å². The van der Waals surface area contributed by atoms with Gasteiger partial charge >= 0.3 is 0 Å². The molecule has 3 N–H and O–H groups in total. The highest BCUT2D eigenvalue weighted by Crippen LogP contribution is 2.27. The topological polar surface area (TPSA) is 96.3 Å². The Morgan fingerprint density at radius 3 is 2.71 bits per heavy atom. The third-order valence-corrected chi connectivity index (χ3v) is 6.25. The SMILES string of the molecule is C=N/C(=N\C(=N/CNC1=CCC(C)C=C1)N1CCN(C)CC1)Nc1cc(C2C=CC(F)=CC2)[nH]n1. The van der Waals surface area contributed by atoms with Gasteiger partial charge in [0.05, 0.1) is 0 Å². The summed E-state index contributed by atoms with van der Waals surface area (Å²) in [7, 11) is 2.11. The minimum Gasteiger partial charge on any atom is -0.366 e. The minimum atomic E-state index is -0.208. The van der Waals surface area contributed by atoms with Crippen LogP contribution in [-0.4, -0.2) is 78.5 Å². The summed E-state index contributed by atoms with van der Waals surface area (Å²) in [5, 5.41) is 13.8. The van der Waals surface area contributed by atoms with E-state index in [9.17, 15) is 4.39 Å². The van der Waals surface area contributed by atoms with Crippen LogP contribution in [-0.2, 0) is 0 Å². The number of aromatic amines is 1. The molecule has 3 aliphatic rings. The van der Waals surface area contributed by atoms with Crippen LogP contribution in [0.4, 0.5) is 10.2 Å². The Labute approximate surface area is 206 Å². The van der Waals surface area contributed by atoms with E-state index in [1.54, 1.807) is 6.08 Å². The van der Waals surface area contributed by atoms with Gasteiger partial charge in [-0.15, -0.1) is 0 Å². The van der Waals surface area contributed by atoms with Gasteiger partial charge in [0.2, 0.25) is 11.9 Å². The number of hydrogen-bond acceptors (Lipinski definition) is 4. The van der Waals surface area contributed by atoms with Crippen molar-refractivity contribution in [3.8, 4) is 0 Å². The molecule has 1 aromatic heterocycles. The summed E-state index contributed by atoms with van der Waals surface area (Å²) in [5.74, 6) is 1.89.